The SMILES string of the molecule is COc1ccc(CN(C)[C@@H]2[C@@H](O)[C@H](Oc3ccccc3Cl)C[C@H]2NC(=O)Cn2cccn2)cc1. The van der Waals surface area contributed by atoms with Crippen molar-refractivity contribution in [2.75, 3.05) is 14.2 Å². The molecule has 1 aliphatic carbocycles. The van der Waals surface area contributed by atoms with Crippen LogP contribution < -0.4 is 14.8 Å². The summed E-state index contributed by atoms with van der Waals surface area (Å²) in [6.07, 6.45) is 2.44. The molecule has 9 heteroatoms. The number of halogens is 1. The predicted molar refractivity (Wildman–Crippen MR) is 129 cm³/mol. The third-order valence-electron chi connectivity index (χ3n) is 6.06. The number of carbonyl (C=O) groups is 1. The molecule has 1 heterocycles. The van der Waals surface area contributed by atoms with Crippen molar-refractivity contribution in [2.45, 2.75) is 43.8 Å². The van der Waals surface area contributed by atoms with Gasteiger partial charge < -0.3 is 19.9 Å². The van der Waals surface area contributed by atoms with E-state index in [1.165, 1.54) is 0 Å². The van der Waals surface area contributed by atoms with E-state index in [4.69, 9.17) is 21.1 Å². The number of ether oxygens (including phenoxy) is 2. The third-order valence-corrected chi connectivity index (χ3v) is 6.37. The molecule has 0 saturated heterocycles. The lowest BCUT2D eigenvalue weighted by atomic mass is 10.1. The zero-order valence-corrected chi connectivity index (χ0v) is 19.9. The molecule has 4 rings (SSSR count). The van der Waals surface area contributed by atoms with Crippen LogP contribution in [0.2, 0.25) is 5.02 Å². The maximum atomic E-state index is 12.7. The Bertz CT molecular complexity index is 1080. The fourth-order valence-corrected chi connectivity index (χ4v) is 4.62. The molecule has 180 valence electrons. The number of rotatable bonds is 9. The van der Waals surface area contributed by atoms with Crippen LogP contribution in [0.1, 0.15) is 12.0 Å². The van der Waals surface area contributed by atoms with Crippen molar-refractivity contribution >= 4 is 17.5 Å². The molecule has 0 unspecified atom stereocenters. The zero-order valence-electron chi connectivity index (χ0n) is 19.2. The van der Waals surface area contributed by atoms with Crippen molar-refractivity contribution in [2.24, 2.45) is 0 Å². The predicted octanol–water partition coefficient (Wildman–Crippen LogP) is 2.74. The number of nitrogens with one attached hydrogen (secondary N) is 1. The number of likely N-dealkylation sites (N-methyl/N-ethyl adjacent to an activating group) is 1. The minimum Gasteiger partial charge on any atom is -0.497 e. The lowest BCUT2D eigenvalue weighted by Gasteiger charge is -2.32. The van der Waals surface area contributed by atoms with E-state index < -0.39 is 12.2 Å². The van der Waals surface area contributed by atoms with Gasteiger partial charge in [0.15, 0.2) is 0 Å². The van der Waals surface area contributed by atoms with Gasteiger partial charge in [0, 0.05) is 25.4 Å². The van der Waals surface area contributed by atoms with Gasteiger partial charge in [0.2, 0.25) is 5.91 Å². The number of aliphatic hydroxyl groups is 1. The van der Waals surface area contributed by atoms with Gasteiger partial charge in [0.1, 0.15) is 30.3 Å². The Morgan fingerprint density at radius 1 is 1.24 bits per heavy atom. The summed E-state index contributed by atoms with van der Waals surface area (Å²) in [6, 6.07) is 16.0. The Hall–Kier alpha value is -3.07. The Kier molecular flexibility index (Phi) is 7.72. The average molecular weight is 485 g/mol. The summed E-state index contributed by atoms with van der Waals surface area (Å²) in [6.45, 7) is 0.681. The van der Waals surface area contributed by atoms with Crippen molar-refractivity contribution in [3.63, 3.8) is 0 Å². The van der Waals surface area contributed by atoms with E-state index in [2.05, 4.69) is 10.4 Å². The Balaban J connectivity index is 1.51. The van der Waals surface area contributed by atoms with Gasteiger partial charge in [-0.05, 0) is 42.9 Å². The van der Waals surface area contributed by atoms with Gasteiger partial charge in [-0.15, -0.1) is 0 Å². The summed E-state index contributed by atoms with van der Waals surface area (Å²) in [4.78, 5) is 14.8. The smallest absolute Gasteiger partial charge is 0.242 e. The molecule has 0 radical (unpaired) electrons. The average Bonchev–Trinajstić information content (AvgIpc) is 3.43. The normalized spacial score (nSPS) is 22.0. The second kappa shape index (κ2) is 10.9. The van der Waals surface area contributed by atoms with Gasteiger partial charge in [0.05, 0.1) is 24.2 Å². The lowest BCUT2D eigenvalue weighted by molar-refractivity contribution is -0.123. The summed E-state index contributed by atoms with van der Waals surface area (Å²) >= 11 is 6.27. The van der Waals surface area contributed by atoms with Crippen molar-refractivity contribution in [1.82, 2.24) is 20.0 Å². The summed E-state index contributed by atoms with van der Waals surface area (Å²) in [7, 11) is 3.56. The van der Waals surface area contributed by atoms with Gasteiger partial charge in [-0.3, -0.25) is 14.4 Å². The van der Waals surface area contributed by atoms with Crippen molar-refractivity contribution in [1.29, 1.82) is 0 Å². The summed E-state index contributed by atoms with van der Waals surface area (Å²) in [5.74, 6) is 1.11. The fraction of sp³-hybridized carbons (Fsp3) is 0.360. The van der Waals surface area contributed by atoms with Crippen LogP contribution >= 0.6 is 11.6 Å². The number of nitrogens with zero attached hydrogens (tertiary/aromatic N) is 3. The molecular formula is C25H29ClN4O4. The number of carbonyl (C=O) groups excluding carboxylic acids is 1. The second-order valence-corrected chi connectivity index (χ2v) is 8.85. The summed E-state index contributed by atoms with van der Waals surface area (Å²) in [5, 5.41) is 18.9. The number of para-hydroxylation sites is 1. The van der Waals surface area contributed by atoms with E-state index in [0.29, 0.717) is 23.7 Å². The fourth-order valence-electron chi connectivity index (χ4n) is 4.44. The molecule has 2 aromatic carbocycles. The first-order chi connectivity index (χ1) is 16.4. The third kappa shape index (κ3) is 5.70. The van der Waals surface area contributed by atoms with Crippen LogP contribution in [0.4, 0.5) is 0 Å². The quantitative estimate of drug-likeness (QED) is 0.485. The first-order valence-corrected chi connectivity index (χ1v) is 11.5. The van der Waals surface area contributed by atoms with E-state index in [-0.39, 0.29) is 24.5 Å². The first kappa shape index (κ1) is 24.1. The minimum absolute atomic E-state index is 0.102. The summed E-state index contributed by atoms with van der Waals surface area (Å²) in [5.41, 5.74) is 1.06. The molecule has 1 amide bonds. The minimum atomic E-state index is -0.838. The Morgan fingerprint density at radius 2 is 2.00 bits per heavy atom. The van der Waals surface area contributed by atoms with Crippen LogP contribution in [0.3, 0.4) is 0 Å². The number of hydrogen-bond donors (Lipinski definition) is 2. The number of hydrogen-bond acceptors (Lipinski definition) is 6. The Morgan fingerprint density at radius 3 is 2.68 bits per heavy atom. The second-order valence-electron chi connectivity index (χ2n) is 8.44. The molecule has 0 spiro atoms. The van der Waals surface area contributed by atoms with Crippen LogP contribution in [0.25, 0.3) is 0 Å². The van der Waals surface area contributed by atoms with E-state index in [9.17, 15) is 9.90 Å². The number of aliphatic hydroxyl groups excluding tert-OH is 1. The van der Waals surface area contributed by atoms with E-state index >= 15 is 0 Å². The number of amides is 1. The van der Waals surface area contributed by atoms with Crippen molar-refractivity contribution < 1.29 is 19.4 Å². The largest absolute Gasteiger partial charge is 0.497 e. The zero-order chi connectivity index (χ0) is 24.1. The first-order valence-electron chi connectivity index (χ1n) is 11.1. The molecule has 1 aromatic heterocycles. The van der Waals surface area contributed by atoms with Gasteiger partial charge in [-0.2, -0.15) is 5.10 Å². The molecule has 3 aromatic rings. The highest BCUT2D eigenvalue weighted by Crippen LogP contribution is 2.32. The van der Waals surface area contributed by atoms with Crippen LogP contribution in [0.5, 0.6) is 11.5 Å². The number of benzene rings is 2. The molecule has 1 saturated carbocycles. The molecular weight excluding hydrogens is 456 g/mol. The van der Waals surface area contributed by atoms with E-state index in [1.807, 2.05) is 48.3 Å². The highest BCUT2D eigenvalue weighted by atomic mass is 35.5. The molecule has 34 heavy (non-hydrogen) atoms. The molecule has 1 fully saturated rings. The topological polar surface area (TPSA) is 88.9 Å². The number of methoxy groups -OCH3 is 1. The number of aromatic nitrogens is 2. The standard InChI is InChI=1S/C25H29ClN4O4/c1-29(15-17-8-10-18(33-2)11-9-17)24-20(28-23(31)16-30-13-5-12-27-30)14-22(25(24)32)34-21-7-4-3-6-19(21)26/h3-13,20,22,24-25,32H,14-16H2,1-2H3,(H,28,31)/t20-,22-,24+,25+/m1/s1. The van der Waals surface area contributed by atoms with Gasteiger partial charge >= 0.3 is 0 Å². The maximum Gasteiger partial charge on any atom is 0.242 e. The van der Waals surface area contributed by atoms with Crippen molar-refractivity contribution in [3.05, 3.63) is 77.6 Å². The van der Waals surface area contributed by atoms with E-state index in [1.54, 1.807) is 42.4 Å². The van der Waals surface area contributed by atoms with Crippen LogP contribution in [0.15, 0.2) is 67.0 Å². The van der Waals surface area contributed by atoms with Crippen LogP contribution in [-0.4, -0.2) is 64.1 Å². The monoisotopic (exact) mass is 484 g/mol. The van der Waals surface area contributed by atoms with Gasteiger partial charge in [-0.25, -0.2) is 0 Å². The van der Waals surface area contributed by atoms with Crippen LogP contribution in [-0.2, 0) is 17.9 Å². The van der Waals surface area contributed by atoms with Gasteiger partial charge in [-0.1, -0.05) is 35.9 Å². The molecule has 1 aliphatic rings. The summed E-state index contributed by atoms with van der Waals surface area (Å²) < 4.78 is 12.9. The molecule has 4 atom stereocenters. The van der Waals surface area contributed by atoms with E-state index in [0.717, 1.165) is 11.3 Å². The lowest BCUT2D eigenvalue weighted by Crippen LogP contribution is -2.52. The van der Waals surface area contributed by atoms with Crippen molar-refractivity contribution in [3.8, 4) is 11.5 Å². The molecule has 2 N–H and O–H groups in total. The molecule has 0 bridgehead atoms. The molecule has 8 nitrogen and oxygen atoms in total. The highest BCUT2D eigenvalue weighted by molar-refractivity contribution is 6.32. The van der Waals surface area contributed by atoms with Crippen LogP contribution in [0, 0.1) is 0 Å². The maximum absolute atomic E-state index is 12.7. The van der Waals surface area contributed by atoms with Gasteiger partial charge in [0.25, 0.3) is 0 Å². The molecule has 0 aliphatic heterocycles. The Labute approximate surface area is 204 Å². The highest BCUT2D eigenvalue weighted by Gasteiger charge is 2.46.